The van der Waals surface area contributed by atoms with Gasteiger partial charge in [-0.25, -0.2) is 4.98 Å². The van der Waals surface area contributed by atoms with E-state index >= 15 is 0 Å². The molecule has 1 heterocycles. The maximum absolute atomic E-state index is 12.0. The van der Waals surface area contributed by atoms with Gasteiger partial charge in [-0.3, -0.25) is 9.36 Å². The highest BCUT2D eigenvalue weighted by Gasteiger charge is 2.15. The fourth-order valence-electron chi connectivity index (χ4n) is 2.55. The second kappa shape index (κ2) is 9.26. The molecule has 1 amide bonds. The molecule has 0 spiro atoms. The average Bonchev–Trinajstić information content (AvgIpc) is 3.11. The lowest BCUT2D eigenvalue weighted by Crippen LogP contribution is -2.26. The second-order valence-corrected chi connectivity index (χ2v) is 7.03. The third-order valence-corrected chi connectivity index (χ3v) is 4.94. The van der Waals surface area contributed by atoms with Gasteiger partial charge in [0.25, 0.3) is 0 Å². The molecule has 3 rings (SSSR count). The van der Waals surface area contributed by atoms with Gasteiger partial charge in [-0.2, -0.15) is 5.26 Å². The molecule has 0 fully saturated rings. The van der Waals surface area contributed by atoms with E-state index in [0.717, 1.165) is 16.9 Å². The molecule has 0 saturated heterocycles. The summed E-state index contributed by atoms with van der Waals surface area (Å²) in [4.78, 5) is 16.5. The number of halogens is 1. The normalized spacial score (nSPS) is 10.4. The molecule has 7 heteroatoms. The monoisotopic (exact) mass is 396 g/mol. The first-order chi connectivity index (χ1) is 13.2. The molecule has 136 valence electrons. The summed E-state index contributed by atoms with van der Waals surface area (Å²) in [5.41, 5.74) is 2.83. The number of thioether (sulfide) groups is 1. The van der Waals surface area contributed by atoms with Crippen molar-refractivity contribution < 1.29 is 4.79 Å². The SMILES string of the molecule is N#CCCNC(=O)CSc1ncc(-c2ccccc2)n1-c1cccc(Cl)c1. The molecule has 0 saturated carbocycles. The summed E-state index contributed by atoms with van der Waals surface area (Å²) >= 11 is 7.52. The summed E-state index contributed by atoms with van der Waals surface area (Å²) in [6.45, 7) is 0.355. The van der Waals surface area contributed by atoms with Crippen LogP contribution < -0.4 is 5.32 Å². The smallest absolute Gasteiger partial charge is 0.230 e. The molecule has 27 heavy (non-hydrogen) atoms. The molecule has 3 aromatic rings. The number of carbonyl (C=O) groups is 1. The minimum atomic E-state index is -0.128. The number of nitrogens with zero attached hydrogens (tertiary/aromatic N) is 3. The van der Waals surface area contributed by atoms with Crippen LogP contribution in [0, 0.1) is 11.3 Å². The highest BCUT2D eigenvalue weighted by molar-refractivity contribution is 7.99. The van der Waals surface area contributed by atoms with Gasteiger partial charge in [0.2, 0.25) is 5.91 Å². The number of hydrogen-bond acceptors (Lipinski definition) is 4. The molecule has 0 unspecified atom stereocenters. The zero-order chi connectivity index (χ0) is 19.1. The number of hydrogen-bond donors (Lipinski definition) is 1. The topological polar surface area (TPSA) is 70.7 Å². The molecule has 0 radical (unpaired) electrons. The minimum Gasteiger partial charge on any atom is -0.354 e. The molecule has 1 aromatic heterocycles. The fraction of sp³-hybridized carbons (Fsp3) is 0.150. The van der Waals surface area contributed by atoms with Crippen LogP contribution in [0.25, 0.3) is 16.9 Å². The summed E-state index contributed by atoms with van der Waals surface area (Å²) in [6, 6.07) is 19.5. The average molecular weight is 397 g/mol. The summed E-state index contributed by atoms with van der Waals surface area (Å²) < 4.78 is 1.99. The first-order valence-corrected chi connectivity index (χ1v) is 9.71. The van der Waals surface area contributed by atoms with Crippen LogP contribution in [0.3, 0.4) is 0 Å². The van der Waals surface area contributed by atoms with Gasteiger partial charge < -0.3 is 5.32 Å². The van der Waals surface area contributed by atoms with Crippen LogP contribution in [0.1, 0.15) is 6.42 Å². The number of amides is 1. The van der Waals surface area contributed by atoms with Crippen molar-refractivity contribution >= 4 is 29.3 Å². The minimum absolute atomic E-state index is 0.128. The maximum atomic E-state index is 12.0. The largest absolute Gasteiger partial charge is 0.354 e. The molecule has 0 aliphatic carbocycles. The van der Waals surface area contributed by atoms with Gasteiger partial charge in [-0.05, 0) is 18.2 Å². The summed E-state index contributed by atoms with van der Waals surface area (Å²) in [5.74, 6) is 0.0918. The van der Waals surface area contributed by atoms with Gasteiger partial charge in [0, 0.05) is 22.8 Å². The second-order valence-electron chi connectivity index (χ2n) is 5.65. The van der Waals surface area contributed by atoms with Gasteiger partial charge in [-0.15, -0.1) is 0 Å². The zero-order valence-corrected chi connectivity index (χ0v) is 16.0. The number of rotatable bonds is 7. The first-order valence-electron chi connectivity index (χ1n) is 8.34. The van der Waals surface area contributed by atoms with Crippen LogP contribution in [0.4, 0.5) is 0 Å². The van der Waals surface area contributed by atoms with Crippen molar-refractivity contribution in [3.05, 3.63) is 65.8 Å². The highest BCUT2D eigenvalue weighted by atomic mass is 35.5. The van der Waals surface area contributed by atoms with Gasteiger partial charge in [-0.1, -0.05) is 59.8 Å². The van der Waals surface area contributed by atoms with Crippen molar-refractivity contribution in [3.8, 4) is 23.0 Å². The van der Waals surface area contributed by atoms with E-state index in [1.54, 1.807) is 6.20 Å². The molecule has 0 aliphatic rings. The van der Waals surface area contributed by atoms with Gasteiger partial charge in [0.15, 0.2) is 5.16 Å². The Hall–Kier alpha value is -2.75. The molecule has 2 aromatic carbocycles. The van der Waals surface area contributed by atoms with Crippen LogP contribution in [0.2, 0.25) is 5.02 Å². The fourth-order valence-corrected chi connectivity index (χ4v) is 3.56. The van der Waals surface area contributed by atoms with E-state index in [1.165, 1.54) is 11.8 Å². The quantitative estimate of drug-likeness (QED) is 0.477. The summed E-state index contributed by atoms with van der Waals surface area (Å²) in [5, 5.41) is 12.6. The van der Waals surface area contributed by atoms with E-state index in [-0.39, 0.29) is 11.7 Å². The molecule has 0 bridgehead atoms. The van der Waals surface area contributed by atoms with Crippen molar-refractivity contribution in [3.63, 3.8) is 0 Å². The summed E-state index contributed by atoms with van der Waals surface area (Å²) in [6.07, 6.45) is 2.10. The Balaban J connectivity index is 1.89. The van der Waals surface area contributed by atoms with Crippen LogP contribution in [0.5, 0.6) is 0 Å². The van der Waals surface area contributed by atoms with Crippen molar-refractivity contribution in [1.82, 2.24) is 14.9 Å². The van der Waals surface area contributed by atoms with Crippen LogP contribution in [-0.2, 0) is 4.79 Å². The van der Waals surface area contributed by atoms with E-state index in [1.807, 2.05) is 65.2 Å². The molecule has 0 atom stereocenters. The van der Waals surface area contributed by atoms with Crippen molar-refractivity contribution in [2.24, 2.45) is 0 Å². The standard InChI is InChI=1S/C20H17ClN4OS/c21-16-8-4-9-17(12-16)25-18(15-6-2-1-3-7-15)13-24-20(25)27-14-19(26)23-11-5-10-22/h1-4,6-9,12-13H,5,11,14H2,(H,23,26). The van der Waals surface area contributed by atoms with Gasteiger partial charge in [0.05, 0.1) is 30.1 Å². The third kappa shape index (κ3) is 4.91. The number of imidazole rings is 1. The first kappa shape index (κ1) is 19.0. The van der Waals surface area contributed by atoms with E-state index in [9.17, 15) is 4.79 Å². The van der Waals surface area contributed by atoms with Crippen molar-refractivity contribution in [2.75, 3.05) is 12.3 Å². The zero-order valence-electron chi connectivity index (χ0n) is 14.4. The molecular formula is C20H17ClN4OS. The van der Waals surface area contributed by atoms with E-state index in [2.05, 4.69) is 10.3 Å². The Morgan fingerprint density at radius 1 is 1.22 bits per heavy atom. The van der Waals surface area contributed by atoms with Gasteiger partial charge in [0.1, 0.15) is 0 Å². The predicted molar refractivity (Wildman–Crippen MR) is 108 cm³/mol. The lowest BCUT2D eigenvalue weighted by molar-refractivity contribution is -0.118. The number of aromatic nitrogens is 2. The Morgan fingerprint density at radius 3 is 2.78 bits per heavy atom. The number of nitriles is 1. The van der Waals surface area contributed by atoms with Crippen LogP contribution >= 0.6 is 23.4 Å². The molecule has 5 nitrogen and oxygen atoms in total. The van der Waals surface area contributed by atoms with Crippen molar-refractivity contribution in [1.29, 1.82) is 5.26 Å². The Morgan fingerprint density at radius 2 is 2.04 bits per heavy atom. The molecule has 0 aliphatic heterocycles. The van der Waals surface area contributed by atoms with Gasteiger partial charge >= 0.3 is 0 Å². The lowest BCUT2D eigenvalue weighted by Gasteiger charge is -2.12. The predicted octanol–water partition coefficient (Wildman–Crippen LogP) is 4.31. The molecular weight excluding hydrogens is 380 g/mol. The number of nitrogens with one attached hydrogen (secondary N) is 1. The van der Waals surface area contributed by atoms with E-state index < -0.39 is 0 Å². The summed E-state index contributed by atoms with van der Waals surface area (Å²) in [7, 11) is 0. The maximum Gasteiger partial charge on any atom is 0.230 e. The number of benzene rings is 2. The van der Waals surface area contributed by atoms with Crippen LogP contribution in [-0.4, -0.2) is 27.8 Å². The lowest BCUT2D eigenvalue weighted by atomic mass is 10.1. The molecule has 1 N–H and O–H groups in total. The third-order valence-electron chi connectivity index (χ3n) is 3.76. The van der Waals surface area contributed by atoms with E-state index in [4.69, 9.17) is 16.9 Å². The van der Waals surface area contributed by atoms with Crippen molar-refractivity contribution in [2.45, 2.75) is 11.6 Å². The Kier molecular flexibility index (Phi) is 6.53. The highest BCUT2D eigenvalue weighted by Crippen LogP contribution is 2.30. The van der Waals surface area contributed by atoms with Crippen LogP contribution in [0.15, 0.2) is 66.0 Å². The van der Waals surface area contributed by atoms with E-state index in [0.29, 0.717) is 23.1 Å². The Labute approximate surface area is 167 Å². The Bertz CT molecular complexity index is 966. The number of carbonyl (C=O) groups excluding carboxylic acids is 1.